The summed E-state index contributed by atoms with van der Waals surface area (Å²) in [5.41, 5.74) is -0.690. The second-order valence-electron chi connectivity index (χ2n) is 7.51. The van der Waals surface area contributed by atoms with Crippen LogP contribution in [0.4, 0.5) is 19.3 Å². The third-order valence-electron chi connectivity index (χ3n) is 5.53. The first kappa shape index (κ1) is 19.7. The van der Waals surface area contributed by atoms with Gasteiger partial charge in [0.2, 0.25) is 5.91 Å². The van der Waals surface area contributed by atoms with Crippen LogP contribution in [0.3, 0.4) is 0 Å². The van der Waals surface area contributed by atoms with Gasteiger partial charge >= 0.3 is 6.03 Å². The number of anilines is 1. The van der Waals surface area contributed by atoms with E-state index >= 15 is 0 Å². The van der Waals surface area contributed by atoms with Crippen LogP contribution in [0.15, 0.2) is 36.4 Å². The highest BCUT2D eigenvalue weighted by Gasteiger charge is 2.50. The normalized spacial score (nSPS) is 22.7. The fraction of sp³-hybridized carbons (Fsp3) is 0.238. The smallest absolute Gasteiger partial charge is 0.325 e. The molecular formula is C21H17F2N3O4. The maximum Gasteiger partial charge on any atom is 0.325 e. The molecule has 0 bridgehead atoms. The minimum Gasteiger partial charge on any atom is -0.325 e. The quantitative estimate of drug-likeness (QED) is 0.595. The van der Waals surface area contributed by atoms with E-state index in [-0.39, 0.29) is 17.0 Å². The first-order valence-corrected chi connectivity index (χ1v) is 9.19. The first-order chi connectivity index (χ1) is 14.1. The van der Waals surface area contributed by atoms with Crippen LogP contribution >= 0.6 is 0 Å². The molecule has 2 N–H and O–H groups in total. The number of nitrogens with one attached hydrogen (secondary N) is 2. The van der Waals surface area contributed by atoms with Gasteiger partial charge in [0.05, 0.1) is 12.5 Å². The number of hydrogen-bond donors (Lipinski definition) is 2. The minimum atomic E-state index is -1.84. The molecule has 2 aromatic rings. The molecule has 4 rings (SSSR count). The Morgan fingerprint density at radius 1 is 1.13 bits per heavy atom. The zero-order valence-electron chi connectivity index (χ0n) is 16.1. The highest BCUT2D eigenvalue weighted by atomic mass is 19.1. The van der Waals surface area contributed by atoms with E-state index in [1.54, 1.807) is 19.1 Å². The fourth-order valence-corrected chi connectivity index (χ4v) is 3.73. The Hall–Kier alpha value is -3.62. The van der Waals surface area contributed by atoms with Gasteiger partial charge in [-0.1, -0.05) is 0 Å². The summed E-state index contributed by atoms with van der Waals surface area (Å²) in [6.45, 7) is 2.38. The second kappa shape index (κ2) is 6.72. The van der Waals surface area contributed by atoms with Crippen LogP contribution in [-0.4, -0.2) is 35.1 Å². The largest absolute Gasteiger partial charge is 0.325 e. The fourth-order valence-electron chi connectivity index (χ4n) is 3.73. The second-order valence-corrected chi connectivity index (χ2v) is 7.51. The van der Waals surface area contributed by atoms with Crippen LogP contribution in [0.1, 0.15) is 41.3 Å². The lowest BCUT2D eigenvalue weighted by Crippen LogP contribution is -2.42. The molecule has 2 aliphatic heterocycles. The Labute approximate surface area is 170 Å². The molecule has 0 aliphatic carbocycles. The van der Waals surface area contributed by atoms with E-state index in [1.165, 1.54) is 13.0 Å². The number of amides is 4. The molecule has 9 heteroatoms. The third kappa shape index (κ3) is 2.94. The summed E-state index contributed by atoms with van der Waals surface area (Å²) in [6, 6.07) is 6.34. The van der Waals surface area contributed by atoms with E-state index in [4.69, 9.17) is 0 Å². The molecular weight excluding hydrogens is 396 g/mol. The van der Waals surface area contributed by atoms with Gasteiger partial charge in [-0.3, -0.25) is 19.3 Å². The van der Waals surface area contributed by atoms with Crippen LogP contribution in [0.2, 0.25) is 0 Å². The van der Waals surface area contributed by atoms with Gasteiger partial charge in [0, 0.05) is 16.8 Å². The topological polar surface area (TPSA) is 95.6 Å². The highest BCUT2D eigenvalue weighted by molar-refractivity contribution is 6.12. The summed E-state index contributed by atoms with van der Waals surface area (Å²) in [5.74, 6) is -3.63. The number of benzene rings is 2. The van der Waals surface area contributed by atoms with Crippen molar-refractivity contribution < 1.29 is 28.0 Å². The molecule has 1 fully saturated rings. The predicted molar refractivity (Wildman–Crippen MR) is 102 cm³/mol. The molecule has 0 aromatic heterocycles. The monoisotopic (exact) mass is 413 g/mol. The average molecular weight is 413 g/mol. The molecule has 1 saturated heterocycles. The van der Waals surface area contributed by atoms with Gasteiger partial charge < -0.3 is 10.6 Å². The molecule has 2 aliphatic rings. The number of halogens is 2. The highest BCUT2D eigenvalue weighted by Crippen LogP contribution is 2.34. The number of hydrogen-bond acceptors (Lipinski definition) is 4. The van der Waals surface area contributed by atoms with Crippen molar-refractivity contribution in [3.05, 3.63) is 64.7 Å². The zero-order valence-corrected chi connectivity index (χ0v) is 16.1. The maximum absolute atomic E-state index is 14.2. The zero-order chi connectivity index (χ0) is 21.8. The van der Waals surface area contributed by atoms with Crippen LogP contribution < -0.4 is 10.6 Å². The van der Waals surface area contributed by atoms with Crippen molar-refractivity contribution in [1.82, 2.24) is 10.2 Å². The van der Waals surface area contributed by atoms with Crippen molar-refractivity contribution in [2.45, 2.75) is 25.3 Å². The number of carbonyl (C=O) groups is 4. The Morgan fingerprint density at radius 2 is 1.87 bits per heavy atom. The average Bonchev–Trinajstić information content (AvgIpc) is 3.11. The van der Waals surface area contributed by atoms with E-state index in [2.05, 4.69) is 10.6 Å². The first-order valence-electron chi connectivity index (χ1n) is 9.19. The van der Waals surface area contributed by atoms with Gasteiger partial charge in [-0.2, -0.15) is 0 Å². The van der Waals surface area contributed by atoms with Crippen molar-refractivity contribution in [1.29, 1.82) is 0 Å². The van der Waals surface area contributed by atoms with E-state index < -0.39 is 47.4 Å². The van der Waals surface area contributed by atoms with Gasteiger partial charge in [0.15, 0.2) is 5.78 Å². The SMILES string of the molecule is C[C@@H]1C(=O)Nc2ccc(C(=O)CN3C(=O)N[C@](C)(c4cc(F)ccc4F)C3=O)cc21. The van der Waals surface area contributed by atoms with Crippen LogP contribution in [-0.2, 0) is 15.1 Å². The number of imide groups is 1. The summed E-state index contributed by atoms with van der Waals surface area (Å²) in [6.07, 6.45) is 0. The van der Waals surface area contributed by atoms with Crippen molar-refractivity contribution in [2.24, 2.45) is 0 Å². The van der Waals surface area contributed by atoms with E-state index in [0.717, 1.165) is 18.2 Å². The number of nitrogens with zero attached hydrogens (tertiary/aromatic N) is 1. The van der Waals surface area contributed by atoms with Gasteiger partial charge in [0.25, 0.3) is 5.91 Å². The summed E-state index contributed by atoms with van der Waals surface area (Å²) in [5, 5.41) is 5.04. The van der Waals surface area contributed by atoms with Gasteiger partial charge in [-0.05, 0) is 55.8 Å². The number of urea groups is 1. The van der Waals surface area contributed by atoms with Gasteiger partial charge in [0.1, 0.15) is 17.2 Å². The summed E-state index contributed by atoms with van der Waals surface area (Å²) < 4.78 is 27.8. The number of carbonyl (C=O) groups excluding carboxylic acids is 4. The van der Waals surface area contributed by atoms with Gasteiger partial charge in [-0.15, -0.1) is 0 Å². The molecule has 0 radical (unpaired) electrons. The van der Waals surface area contributed by atoms with E-state index in [9.17, 15) is 28.0 Å². The summed E-state index contributed by atoms with van der Waals surface area (Å²) >= 11 is 0. The Balaban J connectivity index is 1.59. The van der Waals surface area contributed by atoms with Crippen LogP contribution in [0, 0.1) is 11.6 Å². The minimum absolute atomic E-state index is 0.184. The molecule has 4 amide bonds. The number of fused-ring (bicyclic) bond motifs is 1. The van der Waals surface area contributed by atoms with Gasteiger partial charge in [-0.25, -0.2) is 13.6 Å². The molecule has 0 spiro atoms. The lowest BCUT2D eigenvalue weighted by atomic mass is 9.91. The maximum atomic E-state index is 14.2. The third-order valence-corrected chi connectivity index (χ3v) is 5.53. The van der Waals surface area contributed by atoms with Crippen molar-refractivity contribution in [3.63, 3.8) is 0 Å². The predicted octanol–water partition coefficient (Wildman–Crippen LogP) is 2.67. The molecule has 2 aromatic carbocycles. The molecule has 30 heavy (non-hydrogen) atoms. The van der Waals surface area contributed by atoms with Crippen LogP contribution in [0.25, 0.3) is 0 Å². The molecule has 0 unspecified atom stereocenters. The molecule has 2 heterocycles. The number of ketones is 1. The summed E-state index contributed by atoms with van der Waals surface area (Å²) in [4.78, 5) is 50.5. The van der Waals surface area contributed by atoms with E-state index in [0.29, 0.717) is 16.2 Å². The van der Waals surface area contributed by atoms with Crippen molar-refractivity contribution in [3.8, 4) is 0 Å². The molecule has 2 atom stereocenters. The Bertz CT molecular complexity index is 1130. The van der Waals surface area contributed by atoms with Crippen molar-refractivity contribution >= 4 is 29.3 Å². The molecule has 7 nitrogen and oxygen atoms in total. The Kier molecular flexibility index (Phi) is 4.41. The van der Waals surface area contributed by atoms with Crippen molar-refractivity contribution in [2.75, 3.05) is 11.9 Å². The van der Waals surface area contributed by atoms with Crippen LogP contribution in [0.5, 0.6) is 0 Å². The number of Topliss-reactive ketones (excluding diaryl/α,β-unsaturated/α-hetero) is 1. The van der Waals surface area contributed by atoms with E-state index in [1.807, 2.05) is 0 Å². The number of rotatable bonds is 4. The lowest BCUT2D eigenvalue weighted by Gasteiger charge is -2.22. The standard InChI is InChI=1S/C21H17F2N3O4/c1-10-13-7-11(3-6-16(13)24-18(10)28)17(27)9-26-19(29)21(2,25-20(26)30)14-8-12(22)4-5-15(14)23/h3-8,10H,9H2,1-2H3,(H,24,28)(H,25,30)/t10-,21+/m0/s1. The molecule has 0 saturated carbocycles. The summed E-state index contributed by atoms with van der Waals surface area (Å²) in [7, 11) is 0. The molecule has 154 valence electrons. The lowest BCUT2D eigenvalue weighted by molar-refractivity contribution is -0.130. The Morgan fingerprint density at radius 3 is 2.60 bits per heavy atom.